The van der Waals surface area contributed by atoms with Gasteiger partial charge >= 0.3 is 5.69 Å². The van der Waals surface area contributed by atoms with Gasteiger partial charge < -0.3 is 10.3 Å². The zero-order valence-electron chi connectivity index (χ0n) is 14.1. The number of aryl methyl sites for hydroxylation is 1. The highest BCUT2D eigenvalue weighted by Gasteiger charge is 2.23. The highest BCUT2D eigenvalue weighted by molar-refractivity contribution is 5.71. The number of aromatic nitrogens is 4. The Bertz CT molecular complexity index is 810. The van der Waals surface area contributed by atoms with Crippen molar-refractivity contribution in [3.8, 4) is 0 Å². The van der Waals surface area contributed by atoms with Crippen LogP contribution in [-0.2, 0) is 7.05 Å². The molecule has 122 valence electrons. The van der Waals surface area contributed by atoms with E-state index in [0.717, 1.165) is 5.82 Å². The van der Waals surface area contributed by atoms with Gasteiger partial charge in [-0.2, -0.15) is 0 Å². The van der Waals surface area contributed by atoms with Crippen molar-refractivity contribution in [3.05, 3.63) is 26.7 Å². The molecule has 7 nitrogen and oxygen atoms in total. The molecule has 2 N–H and O–H groups in total. The molecule has 1 atom stereocenters. The number of nitrogens with two attached hydrogens (primary N) is 1. The smallest absolute Gasteiger partial charge is 0.328 e. The summed E-state index contributed by atoms with van der Waals surface area (Å²) in [7, 11) is 1.82. The van der Waals surface area contributed by atoms with Gasteiger partial charge in [0.25, 0.3) is 5.56 Å². The fourth-order valence-electron chi connectivity index (χ4n) is 2.79. The standard InChI is InChI=1S/C15H25N5O2/c1-8(2)12-17-13-11(18(12)6)14(21)20(10(5)7-16)15(22)19(13)9(3)4/h8-10H,7,16H2,1-6H3. The van der Waals surface area contributed by atoms with Crippen molar-refractivity contribution in [3.63, 3.8) is 0 Å². The fraction of sp³-hybridized carbons (Fsp3) is 0.667. The normalized spacial score (nSPS) is 13.5. The second-order valence-corrected chi connectivity index (χ2v) is 6.36. The zero-order chi connectivity index (χ0) is 16.8. The lowest BCUT2D eigenvalue weighted by Gasteiger charge is -2.17. The molecular weight excluding hydrogens is 282 g/mol. The van der Waals surface area contributed by atoms with Gasteiger partial charge in [0.15, 0.2) is 11.2 Å². The average molecular weight is 307 g/mol. The summed E-state index contributed by atoms with van der Waals surface area (Å²) in [5, 5.41) is 0. The van der Waals surface area contributed by atoms with E-state index in [4.69, 9.17) is 5.73 Å². The maximum Gasteiger partial charge on any atom is 0.333 e. The molecular formula is C15H25N5O2. The molecule has 0 aliphatic heterocycles. The Balaban J connectivity index is 3.06. The molecule has 7 heteroatoms. The van der Waals surface area contributed by atoms with E-state index in [0.29, 0.717) is 11.2 Å². The molecule has 0 aromatic carbocycles. The molecule has 2 aromatic heterocycles. The van der Waals surface area contributed by atoms with Crippen LogP contribution in [0, 0.1) is 0 Å². The Labute approximate surface area is 129 Å². The maximum absolute atomic E-state index is 12.8. The molecule has 0 fully saturated rings. The van der Waals surface area contributed by atoms with E-state index in [1.807, 2.05) is 34.7 Å². The minimum Gasteiger partial charge on any atom is -0.328 e. The van der Waals surface area contributed by atoms with E-state index in [1.165, 1.54) is 4.57 Å². The largest absolute Gasteiger partial charge is 0.333 e. The summed E-state index contributed by atoms with van der Waals surface area (Å²) in [4.78, 5) is 30.1. The number of hydrogen-bond donors (Lipinski definition) is 1. The molecule has 0 aliphatic rings. The second-order valence-electron chi connectivity index (χ2n) is 6.36. The second kappa shape index (κ2) is 5.72. The topological polar surface area (TPSA) is 87.8 Å². The first-order valence-electron chi connectivity index (χ1n) is 7.65. The first kappa shape index (κ1) is 16.5. The summed E-state index contributed by atoms with van der Waals surface area (Å²) < 4.78 is 4.61. The molecule has 0 bridgehead atoms. The number of nitrogens with zero attached hydrogens (tertiary/aromatic N) is 4. The van der Waals surface area contributed by atoms with Crippen molar-refractivity contribution in [1.82, 2.24) is 18.7 Å². The molecule has 0 saturated carbocycles. The van der Waals surface area contributed by atoms with E-state index < -0.39 is 0 Å². The van der Waals surface area contributed by atoms with Crippen molar-refractivity contribution >= 4 is 11.2 Å². The lowest BCUT2D eigenvalue weighted by atomic mass is 10.2. The first-order chi connectivity index (χ1) is 10.2. The summed E-state index contributed by atoms with van der Waals surface area (Å²) in [6.07, 6.45) is 0. The van der Waals surface area contributed by atoms with Crippen LogP contribution in [0.5, 0.6) is 0 Å². The third-order valence-electron chi connectivity index (χ3n) is 3.99. The minimum atomic E-state index is -0.355. The molecule has 0 saturated heterocycles. The predicted octanol–water partition coefficient (Wildman–Crippen LogP) is 1.12. The van der Waals surface area contributed by atoms with Gasteiger partial charge in [0.1, 0.15) is 5.82 Å². The Hall–Kier alpha value is -1.89. The molecule has 1 unspecified atom stereocenters. The minimum absolute atomic E-state index is 0.0956. The van der Waals surface area contributed by atoms with Crippen molar-refractivity contribution in [1.29, 1.82) is 0 Å². The third-order valence-corrected chi connectivity index (χ3v) is 3.99. The van der Waals surface area contributed by atoms with Crippen LogP contribution in [0.4, 0.5) is 0 Å². The van der Waals surface area contributed by atoms with Gasteiger partial charge in [-0.05, 0) is 20.8 Å². The van der Waals surface area contributed by atoms with Crippen LogP contribution < -0.4 is 17.0 Å². The summed E-state index contributed by atoms with van der Waals surface area (Å²) in [5.41, 5.74) is 5.91. The molecule has 0 amide bonds. The predicted molar refractivity (Wildman–Crippen MR) is 87.5 cm³/mol. The summed E-state index contributed by atoms with van der Waals surface area (Å²) in [6.45, 7) is 9.85. The van der Waals surface area contributed by atoms with Crippen molar-refractivity contribution in [2.75, 3.05) is 6.54 Å². The maximum atomic E-state index is 12.8. The quantitative estimate of drug-likeness (QED) is 0.917. The Morgan fingerprint density at radius 2 is 1.68 bits per heavy atom. The number of fused-ring (bicyclic) bond motifs is 1. The Morgan fingerprint density at radius 1 is 1.09 bits per heavy atom. The Kier molecular flexibility index (Phi) is 4.28. The highest BCUT2D eigenvalue weighted by atomic mass is 16.2. The number of hydrogen-bond acceptors (Lipinski definition) is 4. The van der Waals surface area contributed by atoms with Crippen LogP contribution in [0.1, 0.15) is 58.4 Å². The van der Waals surface area contributed by atoms with Gasteiger partial charge in [-0.1, -0.05) is 13.8 Å². The molecule has 2 rings (SSSR count). The fourth-order valence-corrected chi connectivity index (χ4v) is 2.79. The van der Waals surface area contributed by atoms with Gasteiger partial charge in [-0.25, -0.2) is 9.78 Å². The monoisotopic (exact) mass is 307 g/mol. The number of rotatable bonds is 4. The molecule has 0 spiro atoms. The molecule has 0 radical (unpaired) electrons. The van der Waals surface area contributed by atoms with E-state index in [9.17, 15) is 9.59 Å². The van der Waals surface area contributed by atoms with Crippen LogP contribution in [0.15, 0.2) is 9.59 Å². The molecule has 2 aromatic rings. The molecule has 0 aliphatic carbocycles. The summed E-state index contributed by atoms with van der Waals surface area (Å²) >= 11 is 0. The van der Waals surface area contributed by atoms with Gasteiger partial charge in [-0.15, -0.1) is 0 Å². The van der Waals surface area contributed by atoms with Crippen molar-refractivity contribution < 1.29 is 0 Å². The van der Waals surface area contributed by atoms with Crippen LogP contribution >= 0.6 is 0 Å². The molecule has 22 heavy (non-hydrogen) atoms. The van der Waals surface area contributed by atoms with E-state index in [1.54, 1.807) is 16.1 Å². The van der Waals surface area contributed by atoms with Crippen LogP contribution in [0.25, 0.3) is 11.2 Å². The SMILES string of the molecule is CC(C)c1nc2c(c(=O)n(C(C)CN)c(=O)n2C(C)C)n1C. The van der Waals surface area contributed by atoms with E-state index in [2.05, 4.69) is 4.98 Å². The Morgan fingerprint density at radius 3 is 2.14 bits per heavy atom. The average Bonchev–Trinajstić information content (AvgIpc) is 2.76. The van der Waals surface area contributed by atoms with E-state index in [-0.39, 0.29) is 35.8 Å². The summed E-state index contributed by atoms with van der Waals surface area (Å²) in [5.74, 6) is 0.951. The van der Waals surface area contributed by atoms with Gasteiger partial charge in [-0.3, -0.25) is 13.9 Å². The molecule has 2 heterocycles. The first-order valence-corrected chi connectivity index (χ1v) is 7.65. The summed E-state index contributed by atoms with van der Waals surface area (Å²) in [6, 6.07) is -0.450. The lowest BCUT2D eigenvalue weighted by Crippen LogP contribution is -2.44. The van der Waals surface area contributed by atoms with Crippen LogP contribution in [-0.4, -0.2) is 25.2 Å². The van der Waals surface area contributed by atoms with Gasteiger partial charge in [0.05, 0.1) is 6.04 Å². The third kappa shape index (κ3) is 2.29. The lowest BCUT2D eigenvalue weighted by molar-refractivity contribution is 0.468. The van der Waals surface area contributed by atoms with E-state index >= 15 is 0 Å². The van der Waals surface area contributed by atoms with Gasteiger partial charge in [0, 0.05) is 25.6 Å². The number of imidazole rings is 1. The highest BCUT2D eigenvalue weighted by Crippen LogP contribution is 2.19. The van der Waals surface area contributed by atoms with Crippen molar-refractivity contribution in [2.24, 2.45) is 12.8 Å². The van der Waals surface area contributed by atoms with Crippen LogP contribution in [0.3, 0.4) is 0 Å². The van der Waals surface area contributed by atoms with Crippen LogP contribution in [0.2, 0.25) is 0 Å². The van der Waals surface area contributed by atoms with Crippen molar-refractivity contribution in [2.45, 2.75) is 52.6 Å². The zero-order valence-corrected chi connectivity index (χ0v) is 14.1. The van der Waals surface area contributed by atoms with Gasteiger partial charge in [0.2, 0.25) is 0 Å².